The molecule has 0 aliphatic heterocycles. The Morgan fingerprint density at radius 2 is 2.14 bits per heavy atom. The van der Waals surface area contributed by atoms with Crippen LogP contribution in [0.15, 0.2) is 36.4 Å². The first-order valence-corrected chi connectivity index (χ1v) is 7.37. The van der Waals surface area contributed by atoms with Crippen LogP contribution in [-0.4, -0.2) is 4.92 Å². The van der Waals surface area contributed by atoms with E-state index < -0.39 is 4.92 Å². The number of benzene rings is 2. The molecule has 0 N–H and O–H groups in total. The van der Waals surface area contributed by atoms with Gasteiger partial charge in [0.25, 0.3) is 0 Å². The van der Waals surface area contributed by atoms with E-state index in [1.54, 1.807) is 18.2 Å². The summed E-state index contributed by atoms with van der Waals surface area (Å²) in [4.78, 5) is 10.6. The highest BCUT2D eigenvalue weighted by molar-refractivity contribution is 14.1. The molecule has 2 rings (SSSR count). The summed E-state index contributed by atoms with van der Waals surface area (Å²) in [5.74, 6) is 0.897. The molecular weight excluding hydrogens is 407 g/mol. The van der Waals surface area contributed by atoms with Crippen LogP contribution in [0.3, 0.4) is 0 Å². The average molecular weight is 415 g/mol. The molecule has 0 aromatic heterocycles. The Hall–Kier alpha value is -1.85. The zero-order chi connectivity index (χ0) is 15.4. The average Bonchev–Trinajstić information content (AvgIpc) is 2.49. The second-order valence-corrected chi connectivity index (χ2v) is 5.49. The number of nitrogens with zero attached hydrogens (tertiary/aromatic N) is 2. The number of nitro benzene ring substituents is 1. The number of alkyl halides is 1. The van der Waals surface area contributed by atoms with E-state index in [1.165, 1.54) is 12.1 Å². The van der Waals surface area contributed by atoms with E-state index in [4.69, 9.17) is 21.6 Å². The van der Waals surface area contributed by atoms with Crippen molar-refractivity contribution in [3.63, 3.8) is 0 Å². The second-order valence-electron chi connectivity index (χ2n) is 4.06. The van der Waals surface area contributed by atoms with Crippen molar-refractivity contribution in [2.45, 2.75) is 5.88 Å². The Bertz CT molecular complexity index is 743. The molecule has 0 aliphatic rings. The predicted octanol–water partition coefficient (Wildman–Crippen LogP) is 4.60. The van der Waals surface area contributed by atoms with Crippen LogP contribution in [0.1, 0.15) is 11.1 Å². The Labute approximate surface area is 139 Å². The fourth-order valence-corrected chi connectivity index (χ4v) is 2.58. The van der Waals surface area contributed by atoms with E-state index >= 15 is 0 Å². The minimum Gasteiger partial charge on any atom is -0.449 e. The van der Waals surface area contributed by atoms with Gasteiger partial charge in [-0.15, -0.1) is 11.6 Å². The molecule has 0 unspecified atom stereocenters. The maximum Gasteiger partial charge on any atom is 0.314 e. The van der Waals surface area contributed by atoms with Gasteiger partial charge in [-0.05, 0) is 46.4 Å². The lowest BCUT2D eigenvalue weighted by atomic mass is 10.2. The summed E-state index contributed by atoms with van der Waals surface area (Å²) in [6.07, 6.45) is 0. The Balaban J connectivity index is 2.48. The fraction of sp³-hybridized carbons (Fsp3) is 0.0714. The number of halogens is 2. The fourth-order valence-electron chi connectivity index (χ4n) is 1.69. The molecule has 0 radical (unpaired) electrons. The lowest BCUT2D eigenvalue weighted by Crippen LogP contribution is -1.97. The highest BCUT2D eigenvalue weighted by Crippen LogP contribution is 2.37. The molecule has 0 heterocycles. The quantitative estimate of drug-likeness (QED) is 0.317. The van der Waals surface area contributed by atoms with Gasteiger partial charge in [0.1, 0.15) is 5.75 Å². The van der Waals surface area contributed by atoms with Crippen LogP contribution in [0.25, 0.3) is 0 Å². The lowest BCUT2D eigenvalue weighted by molar-refractivity contribution is -0.385. The smallest absolute Gasteiger partial charge is 0.314 e. The zero-order valence-corrected chi connectivity index (χ0v) is 13.5. The summed E-state index contributed by atoms with van der Waals surface area (Å²) in [6, 6.07) is 11.6. The first kappa shape index (κ1) is 15.5. The van der Waals surface area contributed by atoms with Gasteiger partial charge in [0.2, 0.25) is 5.75 Å². The molecule has 0 amide bonds. The number of rotatable bonds is 4. The summed E-state index contributed by atoms with van der Waals surface area (Å²) in [6.45, 7) is 0. The molecule has 0 bridgehead atoms. The molecule has 0 aliphatic carbocycles. The molecule has 0 saturated carbocycles. The SMILES string of the molecule is N#Cc1cc(I)c(Oc2cccc(CCl)c2)c([N+](=O)[O-])c1. The normalized spacial score (nSPS) is 9.95. The Kier molecular flexibility index (Phi) is 4.98. The van der Waals surface area contributed by atoms with Crippen molar-refractivity contribution in [1.29, 1.82) is 5.26 Å². The van der Waals surface area contributed by atoms with Crippen LogP contribution in [0.4, 0.5) is 5.69 Å². The highest BCUT2D eigenvalue weighted by Gasteiger charge is 2.21. The summed E-state index contributed by atoms with van der Waals surface area (Å²) >= 11 is 7.66. The molecule has 2 aromatic carbocycles. The highest BCUT2D eigenvalue weighted by atomic mass is 127. The molecular formula is C14H8ClIN2O3. The monoisotopic (exact) mass is 414 g/mol. The third-order valence-electron chi connectivity index (χ3n) is 2.62. The predicted molar refractivity (Wildman–Crippen MR) is 86.6 cm³/mol. The number of ether oxygens (including phenoxy) is 1. The maximum atomic E-state index is 11.1. The summed E-state index contributed by atoms with van der Waals surface area (Å²) in [5, 5.41) is 20.0. The van der Waals surface area contributed by atoms with Gasteiger partial charge in [-0.1, -0.05) is 12.1 Å². The molecule has 5 nitrogen and oxygen atoms in total. The van der Waals surface area contributed by atoms with Gasteiger partial charge in [-0.3, -0.25) is 10.1 Å². The van der Waals surface area contributed by atoms with Gasteiger partial charge in [0.05, 0.1) is 20.1 Å². The van der Waals surface area contributed by atoms with Crippen LogP contribution in [0.2, 0.25) is 0 Å². The zero-order valence-electron chi connectivity index (χ0n) is 10.5. The summed E-state index contributed by atoms with van der Waals surface area (Å²) < 4.78 is 6.12. The van der Waals surface area contributed by atoms with E-state index in [9.17, 15) is 10.1 Å². The van der Waals surface area contributed by atoms with Crippen LogP contribution in [0, 0.1) is 25.0 Å². The van der Waals surface area contributed by atoms with E-state index in [1.807, 2.05) is 34.7 Å². The van der Waals surface area contributed by atoms with E-state index in [2.05, 4.69) is 0 Å². The van der Waals surface area contributed by atoms with E-state index in [-0.39, 0.29) is 17.0 Å². The van der Waals surface area contributed by atoms with Crippen molar-refractivity contribution in [3.8, 4) is 17.6 Å². The molecule has 0 atom stereocenters. The van der Waals surface area contributed by atoms with Crippen LogP contribution < -0.4 is 4.74 Å². The van der Waals surface area contributed by atoms with Crippen LogP contribution >= 0.6 is 34.2 Å². The Morgan fingerprint density at radius 3 is 2.76 bits per heavy atom. The number of hydrogen-bond donors (Lipinski definition) is 0. The van der Waals surface area contributed by atoms with Crippen molar-refractivity contribution in [3.05, 3.63) is 61.2 Å². The third kappa shape index (κ3) is 3.62. The molecule has 2 aromatic rings. The number of nitriles is 1. The van der Waals surface area contributed by atoms with Gasteiger partial charge in [-0.2, -0.15) is 5.26 Å². The lowest BCUT2D eigenvalue weighted by Gasteiger charge is -2.09. The molecule has 106 valence electrons. The molecule has 0 saturated heterocycles. The third-order valence-corrected chi connectivity index (χ3v) is 3.73. The standard InChI is InChI=1S/C14H8ClIN2O3/c15-7-9-2-1-3-11(4-9)21-14-12(16)5-10(8-17)6-13(14)18(19)20/h1-6H,7H2. The van der Waals surface area contributed by atoms with E-state index in [0.29, 0.717) is 15.2 Å². The van der Waals surface area contributed by atoms with Crippen molar-refractivity contribution in [1.82, 2.24) is 0 Å². The second kappa shape index (κ2) is 6.74. The molecule has 0 spiro atoms. The molecule has 21 heavy (non-hydrogen) atoms. The van der Waals surface area contributed by atoms with Gasteiger partial charge in [-0.25, -0.2) is 0 Å². The summed E-state index contributed by atoms with van der Waals surface area (Å²) in [5.41, 5.74) is 0.822. The molecule has 0 fully saturated rings. The van der Waals surface area contributed by atoms with Gasteiger partial charge in [0, 0.05) is 11.9 Å². The minimum absolute atomic E-state index is 0.117. The maximum absolute atomic E-state index is 11.1. The Morgan fingerprint density at radius 1 is 1.38 bits per heavy atom. The van der Waals surface area contributed by atoms with Gasteiger partial charge in [0.15, 0.2) is 0 Å². The first-order chi connectivity index (χ1) is 10.0. The number of nitro groups is 1. The molecule has 7 heteroatoms. The first-order valence-electron chi connectivity index (χ1n) is 5.76. The van der Waals surface area contributed by atoms with Crippen LogP contribution in [0.5, 0.6) is 11.5 Å². The van der Waals surface area contributed by atoms with Crippen molar-refractivity contribution >= 4 is 39.9 Å². The number of hydrogen-bond acceptors (Lipinski definition) is 4. The van der Waals surface area contributed by atoms with E-state index in [0.717, 1.165) is 5.56 Å². The van der Waals surface area contributed by atoms with Gasteiger partial charge >= 0.3 is 5.69 Å². The van der Waals surface area contributed by atoms with Gasteiger partial charge < -0.3 is 4.74 Å². The summed E-state index contributed by atoms with van der Waals surface area (Å²) in [7, 11) is 0. The van der Waals surface area contributed by atoms with Crippen molar-refractivity contribution in [2.75, 3.05) is 0 Å². The topological polar surface area (TPSA) is 76.2 Å². The largest absolute Gasteiger partial charge is 0.449 e. The van der Waals surface area contributed by atoms with Crippen molar-refractivity contribution < 1.29 is 9.66 Å². The van der Waals surface area contributed by atoms with Crippen LogP contribution in [-0.2, 0) is 5.88 Å². The minimum atomic E-state index is -0.566. The van der Waals surface area contributed by atoms with Crippen molar-refractivity contribution in [2.24, 2.45) is 0 Å².